The van der Waals surface area contributed by atoms with Gasteiger partial charge in [-0.25, -0.2) is 4.21 Å². The predicted molar refractivity (Wildman–Crippen MR) is 43.0 cm³/mol. The number of hydrogen-bond donors (Lipinski definition) is 1. The van der Waals surface area contributed by atoms with Crippen molar-refractivity contribution >= 4 is 22.3 Å². The number of rotatable bonds is 0. The molecule has 2 aromatic rings. The van der Waals surface area contributed by atoms with Gasteiger partial charge in [-0.2, -0.15) is 0 Å². The third-order valence-corrected chi connectivity index (χ3v) is 1.80. The summed E-state index contributed by atoms with van der Waals surface area (Å²) in [4.78, 5) is 6.91. The topological polar surface area (TPSA) is 47.0 Å². The number of nitrogens with one attached hydrogen (secondary N) is 1. The van der Waals surface area contributed by atoms with Gasteiger partial charge in [-0.1, -0.05) is 24.3 Å². The first-order chi connectivity index (χ1) is 5.40. The molecule has 0 amide bonds. The Bertz CT molecular complexity index is 433. The maximum atomic E-state index is 10.3. The van der Waals surface area contributed by atoms with Gasteiger partial charge in [0.25, 0.3) is 0 Å². The van der Waals surface area contributed by atoms with Gasteiger partial charge in [0.2, 0.25) is 0 Å². The largest absolute Gasteiger partial charge is 1.00 e. The number of aromatic nitrogens is 2. The molecule has 0 unspecified atom stereocenters. The van der Waals surface area contributed by atoms with E-state index < -0.39 is 0 Å². The van der Waals surface area contributed by atoms with Gasteiger partial charge in [0, 0.05) is 4.77 Å². The molecule has 1 aromatic heterocycles. The number of hydrogen-bond acceptors (Lipinski definition) is 1. The molecule has 5 heteroatoms. The van der Waals surface area contributed by atoms with Crippen molar-refractivity contribution in [1.82, 2.24) is 9.97 Å². The first-order valence-electron chi connectivity index (χ1n) is 3.15. The maximum absolute atomic E-state index is 10.3. The zero-order chi connectivity index (χ0) is 7.68. The summed E-state index contributed by atoms with van der Waals surface area (Å²) < 4.78 is 10.7. The number of benzene rings is 1. The van der Waals surface area contributed by atoms with Crippen molar-refractivity contribution in [1.29, 1.82) is 0 Å². The van der Waals surface area contributed by atoms with E-state index in [4.69, 9.17) is 0 Å². The number of imidazole rings is 1. The van der Waals surface area contributed by atoms with Gasteiger partial charge in [-0.05, 0) is 11.0 Å². The average Bonchev–Trinajstić information content (AvgIpc) is 2.46. The van der Waals surface area contributed by atoms with Gasteiger partial charge >= 0.3 is 29.6 Å². The van der Waals surface area contributed by atoms with E-state index in [2.05, 4.69) is 9.97 Å². The summed E-state index contributed by atoms with van der Waals surface area (Å²) in [6, 6.07) is 7.55. The third kappa shape index (κ3) is 1.72. The van der Waals surface area contributed by atoms with Crippen LogP contribution in [0, 0.1) is 4.77 Å². The first kappa shape index (κ1) is 9.80. The molecule has 0 atom stereocenters. The monoisotopic (exact) mass is 188 g/mol. The summed E-state index contributed by atoms with van der Waals surface area (Å²) in [5.41, 5.74) is 1.75. The summed E-state index contributed by atoms with van der Waals surface area (Å²) in [6.45, 7) is 0. The van der Waals surface area contributed by atoms with Crippen molar-refractivity contribution in [2.45, 2.75) is 0 Å². The fourth-order valence-electron chi connectivity index (χ4n) is 0.969. The van der Waals surface area contributed by atoms with Crippen molar-refractivity contribution in [3.8, 4) is 0 Å². The summed E-state index contributed by atoms with van der Waals surface area (Å²) >= 11 is 0.378. The van der Waals surface area contributed by atoms with E-state index in [-0.39, 0.29) is 29.6 Å². The van der Waals surface area contributed by atoms with Crippen molar-refractivity contribution in [2.24, 2.45) is 0 Å². The minimum atomic E-state index is 0. The molecule has 2 rings (SSSR count). The van der Waals surface area contributed by atoms with Crippen LogP contribution >= 0.6 is 0 Å². The van der Waals surface area contributed by atoms with Crippen LogP contribution in [-0.4, -0.2) is 9.19 Å². The molecule has 0 spiro atoms. The average molecular weight is 188 g/mol. The van der Waals surface area contributed by atoms with Gasteiger partial charge in [-0.3, -0.25) is 0 Å². The van der Waals surface area contributed by atoms with Crippen LogP contribution in [0.4, 0.5) is 0 Å². The minimum absolute atomic E-state index is 0. The van der Waals surface area contributed by atoms with Crippen molar-refractivity contribution < 1.29 is 33.8 Å². The SMILES string of the molecule is O=S=c1[n-]c2ccccc2[nH]1.[Na+]. The van der Waals surface area contributed by atoms with Crippen LogP contribution in [0.15, 0.2) is 24.3 Å². The van der Waals surface area contributed by atoms with Crippen molar-refractivity contribution in [3.05, 3.63) is 29.0 Å². The van der Waals surface area contributed by atoms with Crippen LogP contribution in [0.3, 0.4) is 0 Å². The molecule has 0 aliphatic heterocycles. The van der Waals surface area contributed by atoms with E-state index in [0.717, 1.165) is 11.0 Å². The zero-order valence-electron chi connectivity index (χ0n) is 6.57. The smallest absolute Gasteiger partial charge is 0.446 e. The molecular formula is C7H5N2NaOS. The van der Waals surface area contributed by atoms with Crippen LogP contribution in [0.25, 0.3) is 11.0 Å². The summed E-state index contributed by atoms with van der Waals surface area (Å²) in [7, 11) is 0. The molecule has 0 saturated carbocycles. The molecule has 1 heterocycles. The molecule has 1 aromatic carbocycles. The molecule has 0 aliphatic carbocycles. The Morgan fingerprint density at radius 3 is 2.75 bits per heavy atom. The molecule has 0 radical (unpaired) electrons. The molecule has 12 heavy (non-hydrogen) atoms. The Morgan fingerprint density at radius 1 is 1.33 bits per heavy atom. The Labute approximate surface area is 94.6 Å². The number of nitrogens with zero attached hydrogens (tertiary/aromatic N) is 1. The molecule has 0 saturated heterocycles. The molecule has 56 valence electrons. The summed E-state index contributed by atoms with van der Waals surface area (Å²) in [5.74, 6) is 0. The molecular weight excluding hydrogens is 183 g/mol. The molecule has 0 fully saturated rings. The Balaban J connectivity index is 0.000000720. The summed E-state index contributed by atoms with van der Waals surface area (Å²) in [5, 5.41) is 0. The maximum Gasteiger partial charge on any atom is 1.00 e. The normalized spacial score (nSPS) is 9.33. The van der Waals surface area contributed by atoms with E-state index in [1.165, 1.54) is 0 Å². The Kier molecular flexibility index (Phi) is 3.34. The van der Waals surface area contributed by atoms with E-state index in [9.17, 15) is 4.21 Å². The van der Waals surface area contributed by atoms with Gasteiger partial charge in [0.1, 0.15) is 0 Å². The third-order valence-electron chi connectivity index (χ3n) is 1.45. The van der Waals surface area contributed by atoms with E-state index in [0.29, 0.717) is 16.0 Å². The quantitative estimate of drug-likeness (QED) is 0.379. The Morgan fingerprint density at radius 2 is 2.08 bits per heavy atom. The van der Waals surface area contributed by atoms with Gasteiger partial charge in [0.05, 0.1) is 11.3 Å². The number of fused-ring (bicyclic) bond motifs is 1. The van der Waals surface area contributed by atoms with E-state index in [1.54, 1.807) is 0 Å². The molecule has 1 N–H and O–H groups in total. The van der Waals surface area contributed by atoms with Crippen LogP contribution in [0.1, 0.15) is 0 Å². The predicted octanol–water partition coefficient (Wildman–Crippen LogP) is -2.13. The van der Waals surface area contributed by atoms with E-state index in [1.807, 2.05) is 24.3 Å². The Hall–Kier alpha value is -0.290. The van der Waals surface area contributed by atoms with Crippen molar-refractivity contribution in [2.75, 3.05) is 0 Å². The molecule has 0 aliphatic rings. The number of H-pyrrole nitrogens is 1. The second kappa shape index (κ2) is 4.09. The molecule has 3 nitrogen and oxygen atoms in total. The van der Waals surface area contributed by atoms with Crippen LogP contribution in [0.5, 0.6) is 0 Å². The zero-order valence-corrected chi connectivity index (χ0v) is 9.39. The fourth-order valence-corrected chi connectivity index (χ4v) is 1.26. The standard InChI is InChI=1S/C7H5N2OS.Na/c10-11-7-8-5-3-1-2-4-6(5)9-7;/h1-4,8H;/q-1;+1. The van der Waals surface area contributed by atoms with Crippen LogP contribution in [0.2, 0.25) is 0 Å². The fraction of sp³-hybridized carbons (Fsp3) is 0. The van der Waals surface area contributed by atoms with Crippen molar-refractivity contribution in [3.63, 3.8) is 0 Å². The van der Waals surface area contributed by atoms with Crippen LogP contribution < -0.4 is 34.5 Å². The molecule has 0 bridgehead atoms. The van der Waals surface area contributed by atoms with Gasteiger partial charge < -0.3 is 9.97 Å². The van der Waals surface area contributed by atoms with E-state index >= 15 is 0 Å². The first-order valence-corrected chi connectivity index (χ1v) is 3.89. The van der Waals surface area contributed by atoms with Gasteiger partial charge in [-0.15, -0.1) is 0 Å². The van der Waals surface area contributed by atoms with Crippen LogP contribution in [-0.2, 0) is 11.3 Å². The summed E-state index contributed by atoms with van der Waals surface area (Å²) in [6.07, 6.45) is 0. The number of para-hydroxylation sites is 2. The number of aromatic amines is 1. The minimum Gasteiger partial charge on any atom is -0.446 e. The second-order valence-electron chi connectivity index (χ2n) is 2.14. The second-order valence-corrected chi connectivity index (χ2v) is 2.70. The van der Waals surface area contributed by atoms with Gasteiger partial charge in [0.15, 0.2) is 0 Å².